The van der Waals surface area contributed by atoms with Crippen molar-refractivity contribution in [2.45, 2.75) is 0 Å². The summed E-state index contributed by atoms with van der Waals surface area (Å²) in [7, 11) is 0. The fraction of sp³-hybridized carbons (Fsp3) is 0. The Bertz CT molecular complexity index is 472. The molecular weight excluding hydrogens is 345 g/mol. The van der Waals surface area contributed by atoms with Gasteiger partial charge in [-0.3, -0.25) is 0 Å². The van der Waals surface area contributed by atoms with Crippen LogP contribution in [0.1, 0.15) is 0 Å². The van der Waals surface area contributed by atoms with Crippen LogP contribution in [0.3, 0.4) is 0 Å². The highest BCUT2D eigenvalue weighted by atomic mass is 127. The molecule has 0 unspecified atom stereocenters. The summed E-state index contributed by atoms with van der Waals surface area (Å²) in [5.74, 6) is 0.530. The molecule has 0 radical (unpaired) electrons. The molecule has 0 fully saturated rings. The van der Waals surface area contributed by atoms with Crippen LogP contribution in [-0.4, -0.2) is 9.97 Å². The van der Waals surface area contributed by atoms with Gasteiger partial charge in [-0.1, -0.05) is 15.9 Å². The molecule has 0 atom stereocenters. The van der Waals surface area contributed by atoms with E-state index in [0.29, 0.717) is 5.82 Å². The zero-order valence-corrected chi connectivity index (χ0v) is 10.2. The van der Waals surface area contributed by atoms with Gasteiger partial charge in [0.15, 0.2) is 0 Å². The predicted octanol–water partition coefficient (Wildman–Crippen LogP) is 2.58. The molecule has 0 saturated heterocycles. The molecule has 0 aliphatic heterocycles. The number of nitrogen functional groups attached to an aromatic ring is 1. The first-order valence-electron chi connectivity index (χ1n) is 3.53. The molecule has 2 aromatic rings. The maximum absolute atomic E-state index is 5.74. The number of halogens is 2. The Labute approximate surface area is 97.0 Å². The molecule has 0 saturated carbocycles. The van der Waals surface area contributed by atoms with Gasteiger partial charge in [0.1, 0.15) is 12.1 Å². The molecule has 0 spiro atoms. The van der Waals surface area contributed by atoms with E-state index in [-0.39, 0.29) is 0 Å². The Morgan fingerprint density at radius 3 is 2.85 bits per heavy atom. The van der Waals surface area contributed by atoms with E-state index in [1.807, 2.05) is 12.1 Å². The fourth-order valence-electron chi connectivity index (χ4n) is 1.13. The predicted molar refractivity (Wildman–Crippen MR) is 64.4 cm³/mol. The summed E-state index contributed by atoms with van der Waals surface area (Å²) in [6, 6.07) is 3.91. The number of rotatable bonds is 0. The molecule has 2 rings (SSSR count). The molecule has 66 valence electrons. The number of aromatic nitrogens is 2. The maximum atomic E-state index is 5.74. The maximum Gasteiger partial charge on any atom is 0.135 e. The van der Waals surface area contributed by atoms with Gasteiger partial charge in [0, 0.05) is 8.04 Å². The minimum absolute atomic E-state index is 0.530. The number of nitrogens with zero attached hydrogens (tertiary/aromatic N) is 2. The molecule has 0 aliphatic rings. The van der Waals surface area contributed by atoms with E-state index in [4.69, 9.17) is 5.73 Å². The minimum Gasteiger partial charge on any atom is -0.383 e. The molecule has 0 amide bonds. The van der Waals surface area contributed by atoms with Gasteiger partial charge < -0.3 is 5.73 Å². The Morgan fingerprint density at radius 2 is 2.08 bits per heavy atom. The third kappa shape index (κ3) is 1.62. The molecular formula is C8H5BrIN3. The highest BCUT2D eigenvalue weighted by Crippen LogP contribution is 2.26. The quantitative estimate of drug-likeness (QED) is 0.744. The van der Waals surface area contributed by atoms with Gasteiger partial charge in [0.2, 0.25) is 0 Å². The monoisotopic (exact) mass is 349 g/mol. The lowest BCUT2D eigenvalue weighted by Crippen LogP contribution is -1.94. The number of hydrogen-bond donors (Lipinski definition) is 1. The lowest BCUT2D eigenvalue weighted by Gasteiger charge is -2.02. The van der Waals surface area contributed by atoms with Crippen LogP contribution in [0.5, 0.6) is 0 Å². The van der Waals surface area contributed by atoms with E-state index in [1.165, 1.54) is 6.33 Å². The summed E-state index contributed by atoms with van der Waals surface area (Å²) in [6.45, 7) is 0. The van der Waals surface area contributed by atoms with Crippen LogP contribution in [0.25, 0.3) is 10.9 Å². The molecule has 1 aromatic heterocycles. The molecule has 0 bridgehead atoms. The second kappa shape index (κ2) is 3.38. The van der Waals surface area contributed by atoms with Crippen LogP contribution in [0, 0.1) is 3.57 Å². The Hall–Kier alpha value is -0.430. The van der Waals surface area contributed by atoms with Gasteiger partial charge in [-0.15, -0.1) is 0 Å². The number of benzene rings is 1. The van der Waals surface area contributed by atoms with Crippen LogP contribution in [0.2, 0.25) is 0 Å². The standard InChI is InChI=1S/C8H5BrIN3/c9-4-1-5(10)7-6(2-4)12-3-13-8(7)11/h1-3H,(H2,11,12,13). The van der Waals surface area contributed by atoms with Crippen molar-refractivity contribution < 1.29 is 0 Å². The molecule has 1 heterocycles. The van der Waals surface area contributed by atoms with Crippen molar-refractivity contribution in [2.75, 3.05) is 5.73 Å². The average molecular weight is 350 g/mol. The molecule has 3 nitrogen and oxygen atoms in total. The lowest BCUT2D eigenvalue weighted by atomic mass is 10.2. The van der Waals surface area contributed by atoms with Crippen LogP contribution in [0.15, 0.2) is 22.9 Å². The number of nitrogens with two attached hydrogens (primary N) is 1. The number of anilines is 1. The third-order valence-corrected chi connectivity index (χ3v) is 2.99. The molecule has 0 aliphatic carbocycles. The summed E-state index contributed by atoms with van der Waals surface area (Å²) in [6.07, 6.45) is 1.47. The normalized spacial score (nSPS) is 10.6. The zero-order chi connectivity index (χ0) is 9.42. The smallest absolute Gasteiger partial charge is 0.135 e. The largest absolute Gasteiger partial charge is 0.383 e. The molecule has 5 heteroatoms. The van der Waals surface area contributed by atoms with Crippen molar-refractivity contribution >= 4 is 55.2 Å². The van der Waals surface area contributed by atoms with Crippen molar-refractivity contribution in [3.63, 3.8) is 0 Å². The average Bonchev–Trinajstić information content (AvgIpc) is 2.02. The molecule has 2 N–H and O–H groups in total. The van der Waals surface area contributed by atoms with Gasteiger partial charge in [0.25, 0.3) is 0 Å². The van der Waals surface area contributed by atoms with Crippen molar-refractivity contribution in [1.29, 1.82) is 0 Å². The van der Waals surface area contributed by atoms with E-state index >= 15 is 0 Å². The highest BCUT2D eigenvalue weighted by Gasteiger charge is 2.05. The van der Waals surface area contributed by atoms with Crippen molar-refractivity contribution in [1.82, 2.24) is 9.97 Å². The Balaban J connectivity index is 2.94. The fourth-order valence-corrected chi connectivity index (χ4v) is 2.90. The Kier molecular flexibility index (Phi) is 2.37. The second-order valence-electron chi connectivity index (χ2n) is 2.54. The van der Waals surface area contributed by atoms with Crippen LogP contribution < -0.4 is 5.73 Å². The first-order chi connectivity index (χ1) is 6.18. The molecule has 1 aromatic carbocycles. The summed E-state index contributed by atoms with van der Waals surface area (Å²) < 4.78 is 2.06. The van der Waals surface area contributed by atoms with Crippen molar-refractivity contribution in [2.24, 2.45) is 0 Å². The van der Waals surface area contributed by atoms with Crippen molar-refractivity contribution in [3.8, 4) is 0 Å². The van der Waals surface area contributed by atoms with E-state index < -0.39 is 0 Å². The van der Waals surface area contributed by atoms with Crippen LogP contribution in [0.4, 0.5) is 5.82 Å². The first kappa shape index (κ1) is 9.14. The van der Waals surface area contributed by atoms with Gasteiger partial charge in [-0.05, 0) is 34.7 Å². The van der Waals surface area contributed by atoms with Crippen LogP contribution >= 0.6 is 38.5 Å². The minimum atomic E-state index is 0.530. The van der Waals surface area contributed by atoms with E-state index in [0.717, 1.165) is 18.9 Å². The van der Waals surface area contributed by atoms with Gasteiger partial charge in [0.05, 0.1) is 10.9 Å². The number of hydrogen-bond acceptors (Lipinski definition) is 3. The van der Waals surface area contributed by atoms with Gasteiger partial charge in [-0.2, -0.15) is 0 Å². The summed E-state index contributed by atoms with van der Waals surface area (Å²) in [5, 5.41) is 0.923. The second-order valence-corrected chi connectivity index (χ2v) is 4.62. The first-order valence-corrected chi connectivity index (χ1v) is 5.41. The zero-order valence-electron chi connectivity index (χ0n) is 6.46. The Morgan fingerprint density at radius 1 is 1.31 bits per heavy atom. The van der Waals surface area contributed by atoms with Crippen LogP contribution in [-0.2, 0) is 0 Å². The summed E-state index contributed by atoms with van der Waals surface area (Å²) >= 11 is 5.62. The lowest BCUT2D eigenvalue weighted by molar-refractivity contribution is 1.23. The number of fused-ring (bicyclic) bond motifs is 1. The summed E-state index contributed by atoms with van der Waals surface area (Å²) in [5.41, 5.74) is 6.60. The molecule has 13 heavy (non-hydrogen) atoms. The topological polar surface area (TPSA) is 51.8 Å². The van der Waals surface area contributed by atoms with E-state index in [1.54, 1.807) is 0 Å². The van der Waals surface area contributed by atoms with Crippen molar-refractivity contribution in [3.05, 3.63) is 26.5 Å². The van der Waals surface area contributed by atoms with Gasteiger partial charge in [-0.25, -0.2) is 9.97 Å². The SMILES string of the molecule is Nc1ncnc2cc(Br)cc(I)c12. The van der Waals surface area contributed by atoms with E-state index in [9.17, 15) is 0 Å². The van der Waals surface area contributed by atoms with Gasteiger partial charge >= 0.3 is 0 Å². The van der Waals surface area contributed by atoms with E-state index in [2.05, 4.69) is 48.5 Å². The third-order valence-electron chi connectivity index (χ3n) is 1.68. The summed E-state index contributed by atoms with van der Waals surface area (Å²) in [4.78, 5) is 8.08. The highest BCUT2D eigenvalue weighted by molar-refractivity contribution is 14.1.